The SMILES string of the molecule is O=C(O)c1cc([N+](=O)[O-])cnc1NC1CCOC1. The van der Waals surface area contributed by atoms with Crippen LogP contribution in [0.15, 0.2) is 12.3 Å². The van der Waals surface area contributed by atoms with Gasteiger partial charge in [0.15, 0.2) is 0 Å². The Bertz CT molecular complexity index is 484. The fourth-order valence-electron chi connectivity index (χ4n) is 1.67. The van der Waals surface area contributed by atoms with Crippen LogP contribution in [0, 0.1) is 10.1 Å². The summed E-state index contributed by atoms with van der Waals surface area (Å²) in [6.45, 7) is 1.07. The highest BCUT2D eigenvalue weighted by Gasteiger charge is 2.21. The summed E-state index contributed by atoms with van der Waals surface area (Å²) >= 11 is 0. The molecule has 2 N–H and O–H groups in total. The van der Waals surface area contributed by atoms with Crippen LogP contribution in [0.5, 0.6) is 0 Å². The van der Waals surface area contributed by atoms with Crippen LogP contribution in [0.3, 0.4) is 0 Å². The molecule has 18 heavy (non-hydrogen) atoms. The molecule has 0 spiro atoms. The van der Waals surface area contributed by atoms with Gasteiger partial charge in [0.2, 0.25) is 0 Å². The lowest BCUT2D eigenvalue weighted by atomic mass is 10.2. The highest BCUT2D eigenvalue weighted by atomic mass is 16.6. The first-order chi connectivity index (χ1) is 8.58. The van der Waals surface area contributed by atoms with Crippen LogP contribution < -0.4 is 5.32 Å². The summed E-state index contributed by atoms with van der Waals surface area (Å²) in [7, 11) is 0. The average Bonchev–Trinajstić information content (AvgIpc) is 2.81. The molecular weight excluding hydrogens is 242 g/mol. The van der Waals surface area contributed by atoms with E-state index >= 15 is 0 Å². The molecule has 1 aromatic heterocycles. The van der Waals surface area contributed by atoms with Gasteiger partial charge in [-0.25, -0.2) is 9.78 Å². The third kappa shape index (κ3) is 2.54. The van der Waals surface area contributed by atoms with Crippen molar-refractivity contribution in [2.75, 3.05) is 18.5 Å². The molecule has 2 heterocycles. The largest absolute Gasteiger partial charge is 0.478 e. The zero-order valence-electron chi connectivity index (χ0n) is 9.33. The molecule has 2 rings (SSSR count). The lowest BCUT2D eigenvalue weighted by Crippen LogP contribution is -2.21. The summed E-state index contributed by atoms with van der Waals surface area (Å²) in [6, 6.07) is 0.977. The summed E-state index contributed by atoms with van der Waals surface area (Å²) in [4.78, 5) is 24.7. The average molecular weight is 253 g/mol. The van der Waals surface area contributed by atoms with E-state index in [0.717, 1.165) is 18.7 Å². The molecule has 1 aromatic rings. The number of anilines is 1. The number of rotatable bonds is 4. The summed E-state index contributed by atoms with van der Waals surface area (Å²) in [5, 5.41) is 22.5. The minimum Gasteiger partial charge on any atom is -0.478 e. The third-order valence-electron chi connectivity index (χ3n) is 2.59. The Morgan fingerprint density at radius 2 is 2.44 bits per heavy atom. The molecule has 0 saturated carbocycles. The minimum absolute atomic E-state index is 0.0166. The van der Waals surface area contributed by atoms with Gasteiger partial charge in [-0.15, -0.1) is 0 Å². The number of ether oxygens (including phenoxy) is 1. The third-order valence-corrected chi connectivity index (χ3v) is 2.59. The molecule has 1 aliphatic rings. The molecule has 1 atom stereocenters. The van der Waals surface area contributed by atoms with Gasteiger partial charge in [0, 0.05) is 12.7 Å². The standard InChI is InChI=1S/C10H11N3O5/c14-10(15)8-3-7(13(16)17)4-11-9(8)12-6-1-2-18-5-6/h3-4,6H,1-2,5H2,(H,11,12)(H,14,15). The summed E-state index contributed by atoms with van der Waals surface area (Å²) in [5.41, 5.74) is -0.559. The van der Waals surface area contributed by atoms with Crippen LogP contribution in [-0.4, -0.2) is 40.2 Å². The number of pyridine rings is 1. The van der Waals surface area contributed by atoms with E-state index in [1.807, 2.05) is 0 Å². The van der Waals surface area contributed by atoms with Gasteiger partial charge in [-0.3, -0.25) is 10.1 Å². The van der Waals surface area contributed by atoms with Crippen molar-refractivity contribution in [1.82, 2.24) is 4.98 Å². The number of carboxylic acids is 1. The quantitative estimate of drug-likeness (QED) is 0.604. The zero-order chi connectivity index (χ0) is 13.1. The fourth-order valence-corrected chi connectivity index (χ4v) is 1.67. The van der Waals surface area contributed by atoms with Gasteiger partial charge in [0.05, 0.1) is 17.6 Å². The molecule has 0 amide bonds. The summed E-state index contributed by atoms with van der Waals surface area (Å²) < 4.78 is 5.15. The van der Waals surface area contributed by atoms with Gasteiger partial charge in [0.1, 0.15) is 17.6 Å². The maximum atomic E-state index is 11.0. The number of nitro groups is 1. The van der Waals surface area contributed by atoms with Crippen molar-refractivity contribution in [1.29, 1.82) is 0 Å². The predicted molar refractivity (Wildman–Crippen MR) is 60.7 cm³/mol. The number of nitrogens with zero attached hydrogens (tertiary/aromatic N) is 2. The Balaban J connectivity index is 2.28. The van der Waals surface area contributed by atoms with E-state index in [-0.39, 0.29) is 23.1 Å². The molecule has 0 bridgehead atoms. The maximum Gasteiger partial charge on any atom is 0.339 e. The monoisotopic (exact) mass is 253 g/mol. The Kier molecular flexibility index (Phi) is 3.38. The zero-order valence-corrected chi connectivity index (χ0v) is 9.33. The topological polar surface area (TPSA) is 115 Å². The van der Waals surface area contributed by atoms with Crippen LogP contribution in [0.4, 0.5) is 11.5 Å². The maximum absolute atomic E-state index is 11.0. The van der Waals surface area contributed by atoms with Crippen LogP contribution in [0.2, 0.25) is 0 Å². The first kappa shape index (κ1) is 12.2. The minimum atomic E-state index is -1.26. The van der Waals surface area contributed by atoms with Crippen molar-refractivity contribution in [2.24, 2.45) is 0 Å². The first-order valence-electron chi connectivity index (χ1n) is 5.30. The summed E-state index contributed by atoms with van der Waals surface area (Å²) in [5.74, 6) is -1.13. The van der Waals surface area contributed by atoms with Crippen molar-refractivity contribution >= 4 is 17.5 Å². The second-order valence-electron chi connectivity index (χ2n) is 3.86. The van der Waals surface area contributed by atoms with E-state index < -0.39 is 10.9 Å². The van der Waals surface area contributed by atoms with Crippen molar-refractivity contribution < 1.29 is 19.6 Å². The van der Waals surface area contributed by atoms with Gasteiger partial charge < -0.3 is 15.2 Å². The molecule has 1 aliphatic heterocycles. The number of aromatic nitrogens is 1. The molecule has 8 heteroatoms. The highest BCUT2D eigenvalue weighted by Crippen LogP contribution is 2.21. The van der Waals surface area contributed by atoms with Crippen LogP contribution >= 0.6 is 0 Å². The van der Waals surface area contributed by atoms with E-state index in [1.54, 1.807) is 0 Å². The van der Waals surface area contributed by atoms with Crippen molar-refractivity contribution in [2.45, 2.75) is 12.5 Å². The molecule has 1 saturated heterocycles. The number of carbonyl (C=O) groups is 1. The molecule has 1 fully saturated rings. The van der Waals surface area contributed by atoms with Crippen LogP contribution in [0.25, 0.3) is 0 Å². The van der Waals surface area contributed by atoms with E-state index in [0.29, 0.717) is 13.2 Å². The van der Waals surface area contributed by atoms with Gasteiger partial charge >= 0.3 is 5.97 Å². The smallest absolute Gasteiger partial charge is 0.339 e. The van der Waals surface area contributed by atoms with E-state index in [9.17, 15) is 14.9 Å². The number of hydrogen-bond acceptors (Lipinski definition) is 6. The first-order valence-corrected chi connectivity index (χ1v) is 5.30. The Hall–Kier alpha value is -2.22. The number of nitrogens with one attached hydrogen (secondary N) is 1. The normalized spacial score (nSPS) is 18.6. The molecule has 0 aromatic carbocycles. The van der Waals surface area contributed by atoms with E-state index in [1.165, 1.54) is 0 Å². The van der Waals surface area contributed by atoms with Crippen molar-refractivity contribution in [3.8, 4) is 0 Å². The van der Waals surface area contributed by atoms with Crippen LogP contribution in [-0.2, 0) is 4.74 Å². The molecule has 8 nitrogen and oxygen atoms in total. The molecular formula is C10H11N3O5. The molecule has 96 valence electrons. The second-order valence-corrected chi connectivity index (χ2v) is 3.86. The molecule has 0 radical (unpaired) electrons. The van der Waals surface area contributed by atoms with Gasteiger partial charge in [-0.2, -0.15) is 0 Å². The number of hydrogen-bond donors (Lipinski definition) is 2. The van der Waals surface area contributed by atoms with E-state index in [4.69, 9.17) is 9.84 Å². The molecule has 1 unspecified atom stereocenters. The fraction of sp³-hybridized carbons (Fsp3) is 0.400. The van der Waals surface area contributed by atoms with Crippen molar-refractivity contribution in [3.05, 3.63) is 27.9 Å². The van der Waals surface area contributed by atoms with E-state index in [2.05, 4.69) is 10.3 Å². The Morgan fingerprint density at radius 3 is 3.00 bits per heavy atom. The number of carboxylic acid groups (broad SMARTS) is 1. The molecule has 0 aliphatic carbocycles. The lowest BCUT2D eigenvalue weighted by molar-refractivity contribution is -0.385. The highest BCUT2D eigenvalue weighted by molar-refractivity contribution is 5.93. The predicted octanol–water partition coefficient (Wildman–Crippen LogP) is 0.889. The Labute approximate surface area is 102 Å². The Morgan fingerprint density at radius 1 is 1.67 bits per heavy atom. The lowest BCUT2D eigenvalue weighted by Gasteiger charge is -2.12. The second kappa shape index (κ2) is 4.96. The number of aromatic carboxylic acids is 1. The van der Waals surface area contributed by atoms with Gasteiger partial charge in [-0.05, 0) is 6.42 Å². The van der Waals surface area contributed by atoms with Gasteiger partial charge in [0.25, 0.3) is 5.69 Å². The summed E-state index contributed by atoms with van der Waals surface area (Å²) in [6.07, 6.45) is 1.78. The van der Waals surface area contributed by atoms with Crippen LogP contribution in [0.1, 0.15) is 16.8 Å². The van der Waals surface area contributed by atoms with Gasteiger partial charge in [-0.1, -0.05) is 0 Å². The van der Waals surface area contributed by atoms with Crippen molar-refractivity contribution in [3.63, 3.8) is 0 Å².